The zero-order chi connectivity index (χ0) is 10.4. The third kappa shape index (κ3) is 3.27. The summed E-state index contributed by atoms with van der Waals surface area (Å²) >= 11 is 0. The molecule has 0 aliphatic carbocycles. The van der Waals surface area contributed by atoms with Crippen LogP contribution in [0.4, 0.5) is 0 Å². The number of carbonyl (C=O) groups excluding carboxylic acids is 1. The van der Waals surface area contributed by atoms with Gasteiger partial charge in [-0.2, -0.15) is 0 Å². The molecule has 1 aliphatic rings. The minimum atomic E-state index is 0.148. The Kier molecular flexibility index (Phi) is 4.90. The second-order valence-corrected chi connectivity index (χ2v) is 3.77. The SMILES string of the molecule is CCNC(=O)CCN1CCCC1CN. The van der Waals surface area contributed by atoms with Crippen molar-refractivity contribution in [3.63, 3.8) is 0 Å². The van der Waals surface area contributed by atoms with E-state index in [0.717, 1.165) is 26.2 Å². The van der Waals surface area contributed by atoms with Crippen LogP contribution in [0.15, 0.2) is 0 Å². The van der Waals surface area contributed by atoms with E-state index in [4.69, 9.17) is 5.73 Å². The Morgan fingerprint density at radius 1 is 1.64 bits per heavy atom. The fourth-order valence-corrected chi connectivity index (χ4v) is 1.99. The predicted octanol–water partition coefficient (Wildman–Crippen LogP) is -0.0643. The molecule has 0 aromatic heterocycles. The Bertz CT molecular complexity index is 184. The number of likely N-dealkylation sites (tertiary alicyclic amines) is 1. The maximum atomic E-state index is 11.2. The first-order valence-corrected chi connectivity index (χ1v) is 5.48. The number of nitrogens with zero attached hydrogens (tertiary/aromatic N) is 1. The maximum absolute atomic E-state index is 11.2. The molecule has 1 amide bonds. The molecule has 1 saturated heterocycles. The van der Waals surface area contributed by atoms with Gasteiger partial charge in [0.25, 0.3) is 0 Å². The van der Waals surface area contributed by atoms with Crippen LogP contribution >= 0.6 is 0 Å². The van der Waals surface area contributed by atoms with Gasteiger partial charge in [-0.15, -0.1) is 0 Å². The lowest BCUT2D eigenvalue weighted by atomic mass is 10.2. The summed E-state index contributed by atoms with van der Waals surface area (Å²) in [5, 5.41) is 2.81. The molecule has 3 N–H and O–H groups in total. The highest BCUT2D eigenvalue weighted by Gasteiger charge is 2.22. The molecule has 0 aromatic carbocycles. The van der Waals surface area contributed by atoms with E-state index < -0.39 is 0 Å². The summed E-state index contributed by atoms with van der Waals surface area (Å²) in [5.74, 6) is 0.148. The molecule has 0 aromatic rings. The Labute approximate surface area is 85.8 Å². The van der Waals surface area contributed by atoms with Gasteiger partial charge in [0.2, 0.25) is 5.91 Å². The van der Waals surface area contributed by atoms with E-state index in [1.54, 1.807) is 0 Å². The third-order valence-corrected chi connectivity index (χ3v) is 2.77. The Hall–Kier alpha value is -0.610. The van der Waals surface area contributed by atoms with Crippen molar-refractivity contribution >= 4 is 5.91 Å². The molecular weight excluding hydrogens is 178 g/mol. The molecule has 14 heavy (non-hydrogen) atoms. The van der Waals surface area contributed by atoms with E-state index in [9.17, 15) is 4.79 Å². The number of hydrogen-bond donors (Lipinski definition) is 2. The van der Waals surface area contributed by atoms with Crippen molar-refractivity contribution in [3.8, 4) is 0 Å². The molecule has 0 bridgehead atoms. The molecule has 0 radical (unpaired) electrons. The van der Waals surface area contributed by atoms with E-state index in [1.165, 1.54) is 12.8 Å². The molecular formula is C10H21N3O. The molecule has 1 rings (SSSR count). The zero-order valence-electron chi connectivity index (χ0n) is 8.96. The van der Waals surface area contributed by atoms with Crippen molar-refractivity contribution in [2.24, 2.45) is 5.73 Å². The predicted molar refractivity (Wildman–Crippen MR) is 57.0 cm³/mol. The van der Waals surface area contributed by atoms with Crippen LogP contribution in [0, 0.1) is 0 Å². The summed E-state index contributed by atoms with van der Waals surface area (Å²) in [4.78, 5) is 13.6. The van der Waals surface area contributed by atoms with Gasteiger partial charge in [0.1, 0.15) is 0 Å². The summed E-state index contributed by atoms with van der Waals surface area (Å²) in [6.45, 7) is 5.33. The fraction of sp³-hybridized carbons (Fsp3) is 0.900. The van der Waals surface area contributed by atoms with Crippen LogP contribution in [0.25, 0.3) is 0 Å². The van der Waals surface area contributed by atoms with Crippen LogP contribution in [0.1, 0.15) is 26.2 Å². The molecule has 1 atom stereocenters. The summed E-state index contributed by atoms with van der Waals surface area (Å²) in [6.07, 6.45) is 3.01. The summed E-state index contributed by atoms with van der Waals surface area (Å²) < 4.78 is 0. The molecule has 82 valence electrons. The normalized spacial score (nSPS) is 22.6. The van der Waals surface area contributed by atoms with Gasteiger partial charge in [0.05, 0.1) is 0 Å². The van der Waals surface area contributed by atoms with Crippen molar-refractivity contribution in [2.45, 2.75) is 32.2 Å². The van der Waals surface area contributed by atoms with Crippen LogP contribution in [0.3, 0.4) is 0 Å². The number of nitrogens with two attached hydrogens (primary N) is 1. The number of amides is 1. The quantitative estimate of drug-likeness (QED) is 0.652. The van der Waals surface area contributed by atoms with Crippen molar-refractivity contribution in [1.29, 1.82) is 0 Å². The lowest BCUT2D eigenvalue weighted by molar-refractivity contribution is -0.121. The third-order valence-electron chi connectivity index (χ3n) is 2.77. The van der Waals surface area contributed by atoms with E-state index in [2.05, 4.69) is 10.2 Å². The van der Waals surface area contributed by atoms with Crippen LogP contribution in [-0.4, -0.2) is 43.0 Å². The second kappa shape index (κ2) is 5.98. The van der Waals surface area contributed by atoms with Gasteiger partial charge in [0, 0.05) is 32.1 Å². The molecule has 1 aliphatic heterocycles. The largest absolute Gasteiger partial charge is 0.356 e. The van der Waals surface area contributed by atoms with Gasteiger partial charge in [-0.1, -0.05) is 0 Å². The monoisotopic (exact) mass is 199 g/mol. The summed E-state index contributed by atoms with van der Waals surface area (Å²) in [6, 6.07) is 0.504. The number of hydrogen-bond acceptors (Lipinski definition) is 3. The average Bonchev–Trinajstić information content (AvgIpc) is 2.62. The minimum Gasteiger partial charge on any atom is -0.356 e. The highest BCUT2D eigenvalue weighted by Crippen LogP contribution is 2.15. The number of nitrogens with one attached hydrogen (secondary N) is 1. The standard InChI is InChI=1S/C10H21N3O/c1-2-12-10(14)5-7-13-6-3-4-9(13)8-11/h9H,2-8,11H2,1H3,(H,12,14). The van der Waals surface area contributed by atoms with E-state index >= 15 is 0 Å². The van der Waals surface area contributed by atoms with Gasteiger partial charge in [-0.3, -0.25) is 9.69 Å². The van der Waals surface area contributed by atoms with Crippen molar-refractivity contribution in [1.82, 2.24) is 10.2 Å². The average molecular weight is 199 g/mol. The highest BCUT2D eigenvalue weighted by atomic mass is 16.1. The minimum absolute atomic E-state index is 0.148. The molecule has 1 unspecified atom stereocenters. The van der Waals surface area contributed by atoms with Crippen molar-refractivity contribution in [2.75, 3.05) is 26.2 Å². The first-order chi connectivity index (χ1) is 6.77. The molecule has 1 heterocycles. The molecule has 0 spiro atoms. The molecule has 4 heteroatoms. The number of rotatable bonds is 5. The molecule has 0 saturated carbocycles. The lowest BCUT2D eigenvalue weighted by Crippen LogP contribution is -2.38. The van der Waals surface area contributed by atoms with Crippen molar-refractivity contribution < 1.29 is 4.79 Å². The lowest BCUT2D eigenvalue weighted by Gasteiger charge is -2.22. The second-order valence-electron chi connectivity index (χ2n) is 3.77. The van der Waals surface area contributed by atoms with Gasteiger partial charge in [0.15, 0.2) is 0 Å². The smallest absolute Gasteiger partial charge is 0.221 e. The Balaban J connectivity index is 2.20. The zero-order valence-corrected chi connectivity index (χ0v) is 8.96. The van der Waals surface area contributed by atoms with Gasteiger partial charge in [-0.25, -0.2) is 0 Å². The first kappa shape index (κ1) is 11.5. The Morgan fingerprint density at radius 2 is 2.43 bits per heavy atom. The van der Waals surface area contributed by atoms with Crippen LogP contribution in [0.2, 0.25) is 0 Å². The van der Waals surface area contributed by atoms with Crippen molar-refractivity contribution in [3.05, 3.63) is 0 Å². The molecule has 1 fully saturated rings. The van der Waals surface area contributed by atoms with E-state index in [-0.39, 0.29) is 5.91 Å². The fourth-order valence-electron chi connectivity index (χ4n) is 1.99. The molecule has 4 nitrogen and oxygen atoms in total. The summed E-state index contributed by atoms with van der Waals surface area (Å²) in [5.41, 5.74) is 5.65. The van der Waals surface area contributed by atoms with Gasteiger partial charge < -0.3 is 11.1 Å². The van der Waals surface area contributed by atoms with Crippen LogP contribution < -0.4 is 11.1 Å². The van der Waals surface area contributed by atoms with Crippen LogP contribution in [-0.2, 0) is 4.79 Å². The van der Waals surface area contributed by atoms with Gasteiger partial charge >= 0.3 is 0 Å². The summed E-state index contributed by atoms with van der Waals surface area (Å²) in [7, 11) is 0. The highest BCUT2D eigenvalue weighted by molar-refractivity contribution is 5.75. The van der Waals surface area contributed by atoms with E-state index in [1.807, 2.05) is 6.92 Å². The number of carbonyl (C=O) groups is 1. The van der Waals surface area contributed by atoms with E-state index in [0.29, 0.717) is 12.5 Å². The maximum Gasteiger partial charge on any atom is 0.221 e. The van der Waals surface area contributed by atoms with Gasteiger partial charge in [-0.05, 0) is 26.3 Å². The van der Waals surface area contributed by atoms with Crippen LogP contribution in [0.5, 0.6) is 0 Å². The topological polar surface area (TPSA) is 58.4 Å². The first-order valence-electron chi connectivity index (χ1n) is 5.48. The Morgan fingerprint density at radius 3 is 3.07 bits per heavy atom.